The first-order valence-electron chi connectivity index (χ1n) is 11.1. The van der Waals surface area contributed by atoms with Gasteiger partial charge < -0.3 is 9.88 Å². The molecule has 33 heavy (non-hydrogen) atoms. The number of hydrogen-bond donors (Lipinski definition) is 1. The molecule has 1 aliphatic heterocycles. The van der Waals surface area contributed by atoms with Gasteiger partial charge in [0.15, 0.2) is 0 Å². The summed E-state index contributed by atoms with van der Waals surface area (Å²) in [7, 11) is 0. The van der Waals surface area contributed by atoms with E-state index in [-0.39, 0.29) is 23.9 Å². The van der Waals surface area contributed by atoms with Crippen LogP contribution in [0.15, 0.2) is 73.1 Å². The number of carbonyl (C=O) groups excluding carboxylic acids is 1. The predicted octanol–water partition coefficient (Wildman–Crippen LogP) is 5.28. The highest BCUT2D eigenvalue weighted by molar-refractivity contribution is 5.89. The summed E-state index contributed by atoms with van der Waals surface area (Å²) >= 11 is 0. The number of rotatable bonds is 6. The number of aromatic amines is 1. The number of nitrogens with zero attached hydrogens (tertiary/aromatic N) is 3. The van der Waals surface area contributed by atoms with Crippen molar-refractivity contribution >= 4 is 22.5 Å². The molecule has 7 heteroatoms. The van der Waals surface area contributed by atoms with Crippen molar-refractivity contribution < 1.29 is 9.72 Å². The van der Waals surface area contributed by atoms with E-state index in [1.165, 1.54) is 6.07 Å². The summed E-state index contributed by atoms with van der Waals surface area (Å²) in [6.45, 7) is 1.56. The van der Waals surface area contributed by atoms with E-state index in [1.54, 1.807) is 18.3 Å². The maximum Gasteiger partial charge on any atom is 0.269 e. The van der Waals surface area contributed by atoms with E-state index in [4.69, 9.17) is 0 Å². The Labute approximate surface area is 191 Å². The van der Waals surface area contributed by atoms with Crippen molar-refractivity contribution in [1.29, 1.82) is 0 Å². The summed E-state index contributed by atoms with van der Waals surface area (Å²) in [5, 5.41) is 12.4. The number of likely N-dealkylation sites (tertiary alicyclic amines) is 1. The second-order valence-corrected chi connectivity index (χ2v) is 8.42. The Bertz CT molecular complexity index is 1310. The van der Waals surface area contributed by atoms with Gasteiger partial charge in [-0.05, 0) is 42.2 Å². The van der Waals surface area contributed by atoms with Crippen molar-refractivity contribution in [3.05, 3.63) is 94.3 Å². The molecule has 0 bridgehead atoms. The minimum atomic E-state index is -0.392. The quantitative estimate of drug-likeness (QED) is 0.326. The average molecular weight is 441 g/mol. The van der Waals surface area contributed by atoms with Gasteiger partial charge in [0.1, 0.15) is 0 Å². The van der Waals surface area contributed by atoms with Crippen LogP contribution in [-0.2, 0) is 4.79 Å². The number of non-ortho nitro benzene ring substituents is 1. The molecule has 0 spiro atoms. The predicted molar refractivity (Wildman–Crippen MR) is 127 cm³/mol. The van der Waals surface area contributed by atoms with E-state index >= 15 is 0 Å². The molecule has 4 aromatic rings. The Morgan fingerprint density at radius 3 is 2.70 bits per heavy atom. The first-order chi connectivity index (χ1) is 16.1. The molecular formula is C26H24N4O3. The number of amides is 1. The van der Waals surface area contributed by atoms with Crippen LogP contribution in [0.3, 0.4) is 0 Å². The standard InChI is InChI=1S/C26H24N4O3/c31-26(29-12-3-4-13-29)16-22(18-6-5-7-20(14-18)30(32)33)23-17-28-25-15-19(9-10-21(23)25)24-8-1-2-11-27-24/h1-2,5-11,14-15,17,22,28H,3-4,12-13,16H2. The lowest BCUT2D eigenvalue weighted by Gasteiger charge is -2.21. The number of H-pyrrole nitrogens is 1. The number of aromatic nitrogens is 2. The summed E-state index contributed by atoms with van der Waals surface area (Å²) in [4.78, 5) is 33.8. The molecule has 1 unspecified atom stereocenters. The molecule has 2 aromatic carbocycles. The summed E-state index contributed by atoms with van der Waals surface area (Å²) in [6, 6.07) is 18.5. The third kappa shape index (κ3) is 4.22. The Kier molecular flexibility index (Phi) is 5.60. The van der Waals surface area contributed by atoms with Gasteiger partial charge in [-0.25, -0.2) is 0 Å². The van der Waals surface area contributed by atoms with Crippen LogP contribution in [0, 0.1) is 10.1 Å². The molecule has 1 amide bonds. The second-order valence-electron chi connectivity index (χ2n) is 8.42. The fourth-order valence-corrected chi connectivity index (χ4v) is 4.66. The molecule has 5 rings (SSSR count). The first kappa shape index (κ1) is 20.9. The zero-order valence-corrected chi connectivity index (χ0v) is 18.1. The van der Waals surface area contributed by atoms with Gasteiger partial charge in [0, 0.05) is 66.4 Å². The van der Waals surface area contributed by atoms with E-state index in [0.717, 1.165) is 59.2 Å². The van der Waals surface area contributed by atoms with E-state index in [9.17, 15) is 14.9 Å². The fourth-order valence-electron chi connectivity index (χ4n) is 4.66. The van der Waals surface area contributed by atoms with Gasteiger partial charge >= 0.3 is 0 Å². The highest BCUT2D eigenvalue weighted by atomic mass is 16.6. The van der Waals surface area contributed by atoms with Crippen molar-refractivity contribution in [1.82, 2.24) is 14.9 Å². The molecule has 0 radical (unpaired) electrons. The van der Waals surface area contributed by atoms with Gasteiger partial charge in [-0.2, -0.15) is 0 Å². The largest absolute Gasteiger partial charge is 0.361 e. The van der Waals surface area contributed by atoms with Crippen LogP contribution in [0.2, 0.25) is 0 Å². The normalized spacial score (nSPS) is 14.5. The van der Waals surface area contributed by atoms with Crippen LogP contribution in [0.4, 0.5) is 5.69 Å². The zero-order valence-electron chi connectivity index (χ0n) is 18.1. The highest BCUT2D eigenvalue weighted by Gasteiger charge is 2.27. The number of benzene rings is 2. The van der Waals surface area contributed by atoms with E-state index < -0.39 is 4.92 Å². The highest BCUT2D eigenvalue weighted by Crippen LogP contribution is 2.36. The van der Waals surface area contributed by atoms with Gasteiger partial charge in [0.2, 0.25) is 5.91 Å². The van der Waals surface area contributed by atoms with Crippen LogP contribution >= 0.6 is 0 Å². The van der Waals surface area contributed by atoms with Crippen LogP contribution in [-0.4, -0.2) is 38.8 Å². The fraction of sp³-hybridized carbons (Fsp3) is 0.231. The van der Waals surface area contributed by atoms with Gasteiger partial charge in [0.25, 0.3) is 5.69 Å². The third-order valence-electron chi connectivity index (χ3n) is 6.37. The summed E-state index contributed by atoms with van der Waals surface area (Å²) in [5.74, 6) is -0.198. The van der Waals surface area contributed by atoms with Crippen molar-refractivity contribution in [2.45, 2.75) is 25.2 Å². The van der Waals surface area contributed by atoms with Crippen molar-refractivity contribution in [3.8, 4) is 11.3 Å². The van der Waals surface area contributed by atoms with Gasteiger partial charge in [-0.1, -0.05) is 30.3 Å². The minimum Gasteiger partial charge on any atom is -0.361 e. The van der Waals surface area contributed by atoms with Gasteiger partial charge in [-0.3, -0.25) is 19.9 Å². The number of carbonyl (C=O) groups is 1. The molecule has 1 atom stereocenters. The van der Waals surface area contributed by atoms with Crippen LogP contribution in [0.1, 0.15) is 36.3 Å². The molecule has 7 nitrogen and oxygen atoms in total. The smallest absolute Gasteiger partial charge is 0.269 e. The molecule has 0 aliphatic carbocycles. The Morgan fingerprint density at radius 1 is 1.09 bits per heavy atom. The lowest BCUT2D eigenvalue weighted by Crippen LogP contribution is -2.29. The SMILES string of the molecule is O=C(CC(c1cccc([N+](=O)[O-])c1)c1c[nH]c2cc(-c3ccccn3)ccc12)N1CCCC1. The van der Waals surface area contributed by atoms with Crippen molar-refractivity contribution in [3.63, 3.8) is 0 Å². The zero-order chi connectivity index (χ0) is 22.8. The number of nitrogens with one attached hydrogen (secondary N) is 1. The molecule has 3 heterocycles. The molecule has 1 saturated heterocycles. The van der Waals surface area contributed by atoms with E-state index in [2.05, 4.69) is 9.97 Å². The maximum absolute atomic E-state index is 13.1. The number of fused-ring (bicyclic) bond motifs is 1. The van der Waals surface area contributed by atoms with E-state index in [0.29, 0.717) is 0 Å². The number of nitro benzene ring substituents is 1. The molecular weight excluding hydrogens is 416 g/mol. The van der Waals surface area contributed by atoms with Gasteiger partial charge in [-0.15, -0.1) is 0 Å². The summed E-state index contributed by atoms with van der Waals surface area (Å²) in [6.07, 6.45) is 6.01. The summed E-state index contributed by atoms with van der Waals surface area (Å²) in [5.41, 5.74) is 4.59. The number of nitro groups is 1. The number of hydrogen-bond acceptors (Lipinski definition) is 4. The van der Waals surface area contributed by atoms with Crippen LogP contribution in [0.25, 0.3) is 22.2 Å². The van der Waals surface area contributed by atoms with Crippen LogP contribution in [0.5, 0.6) is 0 Å². The third-order valence-corrected chi connectivity index (χ3v) is 6.37. The topological polar surface area (TPSA) is 92.1 Å². The lowest BCUT2D eigenvalue weighted by molar-refractivity contribution is -0.384. The molecule has 2 aromatic heterocycles. The van der Waals surface area contributed by atoms with Crippen molar-refractivity contribution in [2.75, 3.05) is 13.1 Å². The van der Waals surface area contributed by atoms with Gasteiger partial charge in [0.05, 0.1) is 10.6 Å². The summed E-state index contributed by atoms with van der Waals surface area (Å²) < 4.78 is 0. The maximum atomic E-state index is 13.1. The lowest BCUT2D eigenvalue weighted by atomic mass is 9.87. The number of pyridine rings is 1. The van der Waals surface area contributed by atoms with E-state index in [1.807, 2.05) is 53.6 Å². The van der Waals surface area contributed by atoms with Crippen molar-refractivity contribution in [2.24, 2.45) is 0 Å². The molecule has 166 valence electrons. The Balaban J connectivity index is 1.56. The minimum absolute atomic E-state index is 0.0309. The molecule has 1 fully saturated rings. The Hall–Kier alpha value is -4.00. The van der Waals surface area contributed by atoms with Crippen LogP contribution < -0.4 is 0 Å². The second kappa shape index (κ2) is 8.86. The average Bonchev–Trinajstić information content (AvgIpc) is 3.53. The Morgan fingerprint density at radius 2 is 1.94 bits per heavy atom. The molecule has 0 saturated carbocycles. The first-order valence-corrected chi connectivity index (χ1v) is 11.1. The monoisotopic (exact) mass is 440 g/mol. The molecule has 1 N–H and O–H groups in total. The molecule has 1 aliphatic rings.